The van der Waals surface area contributed by atoms with Crippen molar-refractivity contribution in [2.45, 2.75) is 26.2 Å². The molecule has 0 saturated heterocycles. The molecule has 1 aromatic rings. The summed E-state index contributed by atoms with van der Waals surface area (Å²) in [5, 5.41) is 3.31. The molecule has 17 heavy (non-hydrogen) atoms. The van der Waals surface area contributed by atoms with Crippen molar-refractivity contribution in [3.05, 3.63) is 23.4 Å². The van der Waals surface area contributed by atoms with Crippen LogP contribution in [0.5, 0.6) is 0 Å². The van der Waals surface area contributed by atoms with Crippen LogP contribution >= 0.6 is 0 Å². The smallest absolute Gasteiger partial charge is 0.176 e. The lowest BCUT2D eigenvalue weighted by atomic mass is 10.0. The molecule has 0 bridgehead atoms. The Balaban J connectivity index is 3.12. The molecule has 0 amide bonds. The van der Waals surface area contributed by atoms with Gasteiger partial charge in [0.05, 0.1) is 6.04 Å². The Morgan fingerprint density at radius 2 is 2.06 bits per heavy atom. The first-order valence-corrected chi connectivity index (χ1v) is 5.65. The van der Waals surface area contributed by atoms with Crippen LogP contribution in [0.15, 0.2) is 12.3 Å². The zero-order valence-electron chi connectivity index (χ0n) is 10.9. The lowest BCUT2D eigenvalue weighted by Crippen LogP contribution is -2.35. The molecule has 0 fully saturated rings. The van der Waals surface area contributed by atoms with Gasteiger partial charge in [0, 0.05) is 26.0 Å². The molecular weight excluding hydrogens is 218 g/mol. The van der Waals surface area contributed by atoms with Crippen LogP contribution in [0.4, 0.5) is 5.82 Å². The van der Waals surface area contributed by atoms with Gasteiger partial charge >= 0.3 is 0 Å². The predicted octanol–water partition coefficient (Wildman–Crippen LogP) is 1.24. The molecule has 96 valence electrons. The van der Waals surface area contributed by atoms with Crippen molar-refractivity contribution in [1.82, 2.24) is 10.3 Å². The van der Waals surface area contributed by atoms with Crippen LogP contribution < -0.4 is 11.1 Å². The van der Waals surface area contributed by atoms with Crippen LogP contribution in [-0.2, 0) is 9.47 Å². The quantitative estimate of drug-likeness (QED) is 0.731. The highest BCUT2D eigenvalue weighted by molar-refractivity contribution is 5.46. The molecule has 0 aliphatic rings. The molecule has 0 aliphatic carbocycles. The van der Waals surface area contributed by atoms with E-state index < -0.39 is 0 Å². The minimum absolute atomic E-state index is 0.122. The molecule has 5 nitrogen and oxygen atoms in total. The summed E-state index contributed by atoms with van der Waals surface area (Å²) >= 11 is 0. The van der Waals surface area contributed by atoms with Gasteiger partial charge in [0.2, 0.25) is 0 Å². The van der Waals surface area contributed by atoms with Gasteiger partial charge in [-0.15, -0.1) is 0 Å². The van der Waals surface area contributed by atoms with Crippen molar-refractivity contribution in [2.24, 2.45) is 0 Å². The SMILES string of the molecule is CCNC(c1c(C)ccnc1N)C(OC)OC. The third kappa shape index (κ3) is 3.15. The van der Waals surface area contributed by atoms with E-state index in [1.165, 1.54) is 0 Å². The number of hydrogen-bond acceptors (Lipinski definition) is 5. The summed E-state index contributed by atoms with van der Waals surface area (Å²) in [7, 11) is 3.22. The second-order valence-corrected chi connectivity index (χ2v) is 3.80. The number of nitrogens with two attached hydrogens (primary N) is 1. The average molecular weight is 239 g/mol. The number of hydrogen-bond donors (Lipinski definition) is 2. The fourth-order valence-corrected chi connectivity index (χ4v) is 1.92. The fraction of sp³-hybridized carbons (Fsp3) is 0.583. The summed E-state index contributed by atoms with van der Waals surface area (Å²) in [4.78, 5) is 4.12. The highest BCUT2D eigenvalue weighted by atomic mass is 16.7. The van der Waals surface area contributed by atoms with Crippen LogP contribution in [0.25, 0.3) is 0 Å². The van der Waals surface area contributed by atoms with Gasteiger partial charge < -0.3 is 20.5 Å². The van der Waals surface area contributed by atoms with Gasteiger partial charge in [-0.2, -0.15) is 0 Å². The second-order valence-electron chi connectivity index (χ2n) is 3.80. The Morgan fingerprint density at radius 1 is 1.41 bits per heavy atom. The predicted molar refractivity (Wildman–Crippen MR) is 67.6 cm³/mol. The highest BCUT2D eigenvalue weighted by Gasteiger charge is 2.25. The van der Waals surface area contributed by atoms with Crippen molar-refractivity contribution in [3.63, 3.8) is 0 Å². The van der Waals surface area contributed by atoms with E-state index in [1.807, 2.05) is 19.9 Å². The van der Waals surface area contributed by atoms with Crippen LogP contribution in [0, 0.1) is 6.92 Å². The Morgan fingerprint density at radius 3 is 2.53 bits per heavy atom. The molecule has 0 saturated carbocycles. The Labute approximate surface area is 102 Å². The Hall–Kier alpha value is -1.17. The Bertz CT molecular complexity index is 333. The number of pyridine rings is 1. The number of nitrogens with zero attached hydrogens (tertiary/aromatic N) is 1. The van der Waals surface area contributed by atoms with Gasteiger partial charge in [0.15, 0.2) is 6.29 Å². The number of aryl methyl sites for hydroxylation is 1. The van der Waals surface area contributed by atoms with Crippen LogP contribution in [0.3, 0.4) is 0 Å². The molecule has 1 unspecified atom stereocenters. The number of nitrogens with one attached hydrogen (secondary N) is 1. The van der Waals surface area contributed by atoms with Gasteiger partial charge in [0.1, 0.15) is 5.82 Å². The van der Waals surface area contributed by atoms with Gasteiger partial charge in [-0.1, -0.05) is 6.92 Å². The number of anilines is 1. The summed E-state index contributed by atoms with van der Waals surface area (Å²) in [6.45, 7) is 4.82. The largest absolute Gasteiger partial charge is 0.383 e. The molecule has 0 aliphatic heterocycles. The number of aromatic nitrogens is 1. The zero-order valence-corrected chi connectivity index (χ0v) is 10.9. The second kappa shape index (κ2) is 6.54. The normalized spacial score (nSPS) is 13.0. The van der Waals surface area contributed by atoms with Gasteiger partial charge in [-0.3, -0.25) is 0 Å². The van der Waals surface area contributed by atoms with Crippen molar-refractivity contribution in [3.8, 4) is 0 Å². The molecule has 0 radical (unpaired) electrons. The van der Waals surface area contributed by atoms with Crippen molar-refractivity contribution in [1.29, 1.82) is 0 Å². The van der Waals surface area contributed by atoms with Gasteiger partial charge in [-0.25, -0.2) is 4.98 Å². The maximum atomic E-state index is 5.94. The summed E-state index contributed by atoms with van der Waals surface area (Å²) in [5.74, 6) is 0.509. The third-order valence-corrected chi connectivity index (χ3v) is 2.71. The van der Waals surface area contributed by atoms with E-state index in [0.717, 1.165) is 17.7 Å². The fourth-order valence-electron chi connectivity index (χ4n) is 1.92. The molecule has 0 aromatic carbocycles. The van der Waals surface area contributed by atoms with Crippen LogP contribution in [0.2, 0.25) is 0 Å². The molecule has 1 aromatic heterocycles. The molecular formula is C12H21N3O2. The van der Waals surface area contributed by atoms with Crippen molar-refractivity contribution >= 4 is 5.82 Å². The van der Waals surface area contributed by atoms with Gasteiger partial charge in [0.25, 0.3) is 0 Å². The lowest BCUT2D eigenvalue weighted by Gasteiger charge is -2.27. The molecule has 1 rings (SSSR count). The third-order valence-electron chi connectivity index (χ3n) is 2.71. The van der Waals surface area contributed by atoms with Crippen molar-refractivity contribution < 1.29 is 9.47 Å². The highest BCUT2D eigenvalue weighted by Crippen LogP contribution is 2.26. The van der Waals surface area contributed by atoms with E-state index in [4.69, 9.17) is 15.2 Å². The van der Waals surface area contributed by atoms with E-state index in [-0.39, 0.29) is 12.3 Å². The first-order valence-electron chi connectivity index (χ1n) is 5.65. The number of methoxy groups -OCH3 is 2. The number of nitrogen functional groups attached to an aromatic ring is 1. The maximum Gasteiger partial charge on any atom is 0.176 e. The molecule has 5 heteroatoms. The summed E-state index contributed by atoms with van der Waals surface area (Å²) in [6.07, 6.45) is 1.31. The van der Waals surface area contributed by atoms with Crippen LogP contribution in [0.1, 0.15) is 24.1 Å². The average Bonchev–Trinajstić information content (AvgIpc) is 2.30. The minimum atomic E-state index is -0.389. The van der Waals surface area contributed by atoms with E-state index in [1.54, 1.807) is 20.4 Å². The van der Waals surface area contributed by atoms with E-state index in [2.05, 4.69) is 10.3 Å². The van der Waals surface area contributed by atoms with Crippen LogP contribution in [-0.4, -0.2) is 32.0 Å². The minimum Gasteiger partial charge on any atom is -0.383 e. The zero-order chi connectivity index (χ0) is 12.8. The topological polar surface area (TPSA) is 69.4 Å². The monoisotopic (exact) mass is 239 g/mol. The first kappa shape index (κ1) is 13.9. The Kier molecular flexibility index (Phi) is 5.34. The standard InChI is InChI=1S/C12H21N3O2/c1-5-14-10(12(16-3)17-4)9-8(2)6-7-15-11(9)13/h6-7,10,12,14H,5H2,1-4H3,(H2,13,15). The first-order chi connectivity index (χ1) is 8.15. The van der Waals surface area contributed by atoms with E-state index in [9.17, 15) is 0 Å². The molecule has 3 N–H and O–H groups in total. The number of rotatable bonds is 6. The summed E-state index contributed by atoms with van der Waals surface area (Å²) in [6, 6.07) is 1.81. The van der Waals surface area contributed by atoms with Crippen molar-refractivity contribution in [2.75, 3.05) is 26.5 Å². The van der Waals surface area contributed by atoms with E-state index >= 15 is 0 Å². The lowest BCUT2D eigenvalue weighted by molar-refractivity contribution is -0.123. The summed E-state index contributed by atoms with van der Waals surface area (Å²) < 4.78 is 10.6. The van der Waals surface area contributed by atoms with E-state index in [0.29, 0.717) is 5.82 Å². The molecule has 1 atom stereocenters. The number of ether oxygens (including phenoxy) is 2. The number of likely N-dealkylation sites (N-methyl/N-ethyl adjacent to an activating group) is 1. The summed E-state index contributed by atoms with van der Waals surface area (Å²) in [5.41, 5.74) is 7.94. The van der Waals surface area contributed by atoms with Gasteiger partial charge in [-0.05, 0) is 25.1 Å². The molecule has 0 spiro atoms. The molecule has 1 heterocycles. The maximum absolute atomic E-state index is 5.94.